The molecule has 0 radical (unpaired) electrons. The van der Waals surface area contributed by atoms with Gasteiger partial charge in [0, 0.05) is 0 Å². The average molecular weight is 127 g/mol. The normalized spacial score (nSPS) is 26.0. The lowest BCUT2D eigenvalue weighted by Crippen LogP contribution is -2.31. The molecule has 1 fully saturated rings. The first-order chi connectivity index (χ1) is 4.34. The Balaban J connectivity index is 2.41. The first-order valence-corrected chi connectivity index (χ1v) is 3.07. The highest BCUT2D eigenvalue weighted by Gasteiger charge is 2.20. The van der Waals surface area contributed by atoms with Crippen LogP contribution in [0.3, 0.4) is 0 Å². The first-order valence-electron chi connectivity index (χ1n) is 3.07. The molecular weight excluding hydrogens is 118 g/mol. The van der Waals surface area contributed by atoms with E-state index in [2.05, 4.69) is 5.32 Å². The molecule has 0 amide bonds. The van der Waals surface area contributed by atoms with Crippen molar-refractivity contribution in [3.63, 3.8) is 0 Å². The van der Waals surface area contributed by atoms with Crippen LogP contribution in [0.15, 0.2) is 0 Å². The molecule has 1 N–H and O–H groups in total. The zero-order valence-electron chi connectivity index (χ0n) is 5.09. The summed E-state index contributed by atoms with van der Waals surface area (Å²) in [4.78, 5) is 20.5. The standard InChI is InChI=1S/C6H9NO2/c8-4-6(9)5-2-1-3-7-5/h4-5,7H,1-3H2/t5-/m0/s1. The molecular formula is C6H9NO2. The number of nitrogens with one attached hydrogen (secondary N) is 1. The van der Waals surface area contributed by atoms with Crippen molar-refractivity contribution in [2.45, 2.75) is 18.9 Å². The van der Waals surface area contributed by atoms with Crippen LogP contribution in [0, 0.1) is 0 Å². The number of ketones is 1. The summed E-state index contributed by atoms with van der Waals surface area (Å²) in [7, 11) is 0. The molecule has 3 heteroatoms. The summed E-state index contributed by atoms with van der Waals surface area (Å²) in [5, 5.41) is 2.93. The van der Waals surface area contributed by atoms with Gasteiger partial charge in [-0.2, -0.15) is 0 Å². The zero-order chi connectivity index (χ0) is 6.69. The van der Waals surface area contributed by atoms with Gasteiger partial charge in [0.15, 0.2) is 6.29 Å². The van der Waals surface area contributed by atoms with Gasteiger partial charge in [0.05, 0.1) is 6.04 Å². The third kappa shape index (κ3) is 1.36. The molecule has 0 aromatic carbocycles. The number of hydrogen-bond acceptors (Lipinski definition) is 3. The van der Waals surface area contributed by atoms with E-state index in [1.807, 2.05) is 0 Å². The van der Waals surface area contributed by atoms with Gasteiger partial charge in [0.25, 0.3) is 0 Å². The summed E-state index contributed by atoms with van der Waals surface area (Å²) in [6.07, 6.45) is 2.21. The van der Waals surface area contributed by atoms with Crippen molar-refractivity contribution in [2.24, 2.45) is 0 Å². The van der Waals surface area contributed by atoms with Crippen LogP contribution in [0.1, 0.15) is 12.8 Å². The van der Waals surface area contributed by atoms with Crippen molar-refractivity contribution in [1.82, 2.24) is 5.32 Å². The Kier molecular flexibility index (Phi) is 1.95. The zero-order valence-corrected chi connectivity index (χ0v) is 5.09. The van der Waals surface area contributed by atoms with E-state index in [0.29, 0.717) is 6.29 Å². The molecule has 1 rings (SSSR count). The Labute approximate surface area is 53.4 Å². The molecule has 0 spiro atoms. The molecule has 0 bridgehead atoms. The fourth-order valence-corrected chi connectivity index (χ4v) is 1.01. The second-order valence-electron chi connectivity index (χ2n) is 2.17. The van der Waals surface area contributed by atoms with Crippen molar-refractivity contribution in [1.29, 1.82) is 0 Å². The van der Waals surface area contributed by atoms with Crippen LogP contribution in [-0.2, 0) is 9.59 Å². The highest BCUT2D eigenvalue weighted by atomic mass is 16.2. The number of rotatable bonds is 2. The Hall–Kier alpha value is -0.700. The summed E-state index contributed by atoms with van der Waals surface area (Å²) in [6, 6.07) is -0.178. The fraction of sp³-hybridized carbons (Fsp3) is 0.667. The molecule has 1 heterocycles. The SMILES string of the molecule is O=CC(=O)[C@@H]1CCCN1. The second kappa shape index (κ2) is 2.73. The van der Waals surface area contributed by atoms with Gasteiger partial charge in [-0.1, -0.05) is 0 Å². The van der Waals surface area contributed by atoms with Crippen LogP contribution in [-0.4, -0.2) is 24.7 Å². The third-order valence-electron chi connectivity index (χ3n) is 1.52. The maximum absolute atomic E-state index is 10.6. The van der Waals surface area contributed by atoms with Gasteiger partial charge in [0.1, 0.15) is 0 Å². The molecule has 0 aromatic rings. The van der Waals surface area contributed by atoms with Gasteiger partial charge in [-0.3, -0.25) is 9.59 Å². The fourth-order valence-electron chi connectivity index (χ4n) is 1.01. The molecule has 0 aliphatic carbocycles. The molecule has 0 saturated carbocycles. The lowest BCUT2D eigenvalue weighted by Gasteiger charge is -2.00. The van der Waals surface area contributed by atoms with Gasteiger partial charge in [-0.15, -0.1) is 0 Å². The molecule has 0 unspecified atom stereocenters. The number of aldehydes is 1. The van der Waals surface area contributed by atoms with Crippen molar-refractivity contribution >= 4 is 12.1 Å². The lowest BCUT2D eigenvalue weighted by molar-refractivity contribution is -0.131. The molecule has 0 aromatic heterocycles. The Morgan fingerprint density at radius 1 is 1.67 bits per heavy atom. The van der Waals surface area contributed by atoms with Gasteiger partial charge in [-0.25, -0.2) is 0 Å². The number of hydrogen-bond donors (Lipinski definition) is 1. The first kappa shape index (κ1) is 6.42. The quantitative estimate of drug-likeness (QED) is 0.402. The molecule has 50 valence electrons. The average Bonchev–Trinajstić information content (AvgIpc) is 2.37. The minimum Gasteiger partial charge on any atom is -0.307 e. The minimum absolute atomic E-state index is 0.178. The Bertz CT molecular complexity index is 127. The lowest BCUT2D eigenvalue weighted by atomic mass is 10.1. The van der Waals surface area contributed by atoms with Gasteiger partial charge in [-0.05, 0) is 19.4 Å². The highest BCUT2D eigenvalue weighted by molar-refractivity contribution is 6.27. The maximum atomic E-state index is 10.6. The monoisotopic (exact) mass is 127 g/mol. The molecule has 1 atom stereocenters. The molecule has 9 heavy (non-hydrogen) atoms. The topological polar surface area (TPSA) is 46.2 Å². The van der Waals surface area contributed by atoms with Crippen molar-refractivity contribution in [2.75, 3.05) is 6.54 Å². The largest absolute Gasteiger partial charge is 0.307 e. The van der Waals surface area contributed by atoms with Crippen LogP contribution < -0.4 is 5.32 Å². The van der Waals surface area contributed by atoms with Crippen LogP contribution in [0.4, 0.5) is 0 Å². The maximum Gasteiger partial charge on any atom is 0.212 e. The number of carbonyl (C=O) groups is 2. The Morgan fingerprint density at radius 3 is 2.89 bits per heavy atom. The van der Waals surface area contributed by atoms with E-state index in [9.17, 15) is 9.59 Å². The number of Topliss-reactive ketones (excluding diaryl/α,β-unsaturated/α-hetero) is 1. The predicted octanol–water partition coefficient (Wildman–Crippen LogP) is -0.494. The smallest absolute Gasteiger partial charge is 0.212 e. The van der Waals surface area contributed by atoms with Crippen LogP contribution in [0.2, 0.25) is 0 Å². The van der Waals surface area contributed by atoms with E-state index in [4.69, 9.17) is 0 Å². The van der Waals surface area contributed by atoms with E-state index >= 15 is 0 Å². The highest BCUT2D eigenvalue weighted by Crippen LogP contribution is 2.03. The molecule has 1 aliphatic heterocycles. The molecule has 1 aliphatic rings. The summed E-state index contributed by atoms with van der Waals surface area (Å²) >= 11 is 0. The van der Waals surface area contributed by atoms with E-state index in [1.165, 1.54) is 0 Å². The summed E-state index contributed by atoms with van der Waals surface area (Å²) in [5.74, 6) is -0.312. The van der Waals surface area contributed by atoms with Gasteiger partial charge >= 0.3 is 0 Å². The van der Waals surface area contributed by atoms with Crippen LogP contribution in [0.25, 0.3) is 0 Å². The van der Waals surface area contributed by atoms with Crippen LogP contribution in [0.5, 0.6) is 0 Å². The molecule has 1 saturated heterocycles. The summed E-state index contributed by atoms with van der Waals surface area (Å²) < 4.78 is 0. The third-order valence-corrected chi connectivity index (χ3v) is 1.52. The van der Waals surface area contributed by atoms with E-state index in [1.54, 1.807) is 0 Å². The van der Waals surface area contributed by atoms with Gasteiger partial charge in [0.2, 0.25) is 5.78 Å². The summed E-state index contributed by atoms with van der Waals surface area (Å²) in [6.45, 7) is 0.865. The Morgan fingerprint density at radius 2 is 2.44 bits per heavy atom. The van der Waals surface area contributed by atoms with E-state index in [0.717, 1.165) is 19.4 Å². The van der Waals surface area contributed by atoms with Crippen molar-refractivity contribution < 1.29 is 9.59 Å². The van der Waals surface area contributed by atoms with E-state index < -0.39 is 0 Å². The van der Waals surface area contributed by atoms with E-state index in [-0.39, 0.29) is 11.8 Å². The molecule has 3 nitrogen and oxygen atoms in total. The predicted molar refractivity (Wildman–Crippen MR) is 32.1 cm³/mol. The van der Waals surface area contributed by atoms with Crippen LogP contribution >= 0.6 is 0 Å². The second-order valence-corrected chi connectivity index (χ2v) is 2.17. The van der Waals surface area contributed by atoms with Crippen molar-refractivity contribution in [3.05, 3.63) is 0 Å². The van der Waals surface area contributed by atoms with Gasteiger partial charge < -0.3 is 5.32 Å². The number of carbonyl (C=O) groups excluding carboxylic acids is 2. The minimum atomic E-state index is -0.312. The summed E-state index contributed by atoms with van der Waals surface area (Å²) in [5.41, 5.74) is 0. The van der Waals surface area contributed by atoms with Crippen molar-refractivity contribution in [3.8, 4) is 0 Å².